The molecule has 0 heterocycles. The number of aliphatic hydroxyl groups excluding tert-OH is 1. The van der Waals surface area contributed by atoms with Gasteiger partial charge in [-0.2, -0.15) is 0 Å². The van der Waals surface area contributed by atoms with Crippen LogP contribution in [0.4, 0.5) is 9.59 Å². The zero-order valence-corrected chi connectivity index (χ0v) is 19.2. The van der Waals surface area contributed by atoms with Gasteiger partial charge < -0.3 is 28.8 Å². The molecule has 182 valence electrons. The highest BCUT2D eigenvalue weighted by atomic mass is 31.2. The minimum atomic E-state index is -4.25. The average molecular weight is 474 g/mol. The molecule has 14 heteroatoms. The fourth-order valence-corrected chi connectivity index (χ4v) is 3.11. The maximum atomic E-state index is 12.8. The predicted octanol–water partition coefficient (Wildman–Crippen LogP) is 2.19. The number of hydrogen-bond donors (Lipinski definition) is 1. The molecular formula is C17H31O13P. The minimum Gasteiger partial charge on any atom is -0.463 e. The van der Waals surface area contributed by atoms with Crippen molar-refractivity contribution in [2.75, 3.05) is 39.6 Å². The first-order valence-electron chi connectivity index (χ1n) is 9.53. The van der Waals surface area contributed by atoms with Crippen molar-refractivity contribution in [2.24, 2.45) is 0 Å². The van der Waals surface area contributed by atoms with Crippen LogP contribution in [0.1, 0.15) is 34.6 Å². The molecule has 0 aromatic rings. The summed E-state index contributed by atoms with van der Waals surface area (Å²) in [5.41, 5.74) is 0. The van der Waals surface area contributed by atoms with Crippen molar-refractivity contribution >= 4 is 26.1 Å². The summed E-state index contributed by atoms with van der Waals surface area (Å²) < 4.78 is 51.9. The van der Waals surface area contributed by atoms with Crippen molar-refractivity contribution in [3.8, 4) is 0 Å². The van der Waals surface area contributed by atoms with E-state index in [0.29, 0.717) is 0 Å². The Morgan fingerprint density at radius 2 is 1.42 bits per heavy atom. The SMILES string of the molecule is CCOC(=O)OCC(COP(=O)(OC[C@H](O)COC(C)=O)OC(C)C)OC(=O)OCC. The van der Waals surface area contributed by atoms with Crippen LogP contribution in [-0.4, -0.2) is 81.3 Å². The topological polar surface area (TPSA) is 162 Å². The first-order valence-corrected chi connectivity index (χ1v) is 11.0. The standard InChI is InChI=1S/C17H31O13P/c1-6-23-16(20)26-10-15(29-17(21)24-7-2)11-28-31(22,30-12(3)4)27-9-14(19)8-25-13(5)18/h12,14-15,19H,6-11H2,1-5H3/t14-,15?,31?/m1/s1. The maximum Gasteiger partial charge on any atom is 0.508 e. The second-order valence-corrected chi connectivity index (χ2v) is 7.69. The predicted molar refractivity (Wildman–Crippen MR) is 103 cm³/mol. The molecule has 0 amide bonds. The van der Waals surface area contributed by atoms with Crippen LogP contribution in [0, 0.1) is 0 Å². The van der Waals surface area contributed by atoms with Crippen molar-refractivity contribution in [3.63, 3.8) is 0 Å². The smallest absolute Gasteiger partial charge is 0.463 e. The van der Waals surface area contributed by atoms with E-state index in [2.05, 4.69) is 14.2 Å². The van der Waals surface area contributed by atoms with Crippen LogP contribution in [0.25, 0.3) is 0 Å². The van der Waals surface area contributed by atoms with Crippen molar-refractivity contribution in [3.05, 3.63) is 0 Å². The molecule has 0 saturated heterocycles. The molecule has 0 spiro atoms. The highest BCUT2D eigenvalue weighted by Crippen LogP contribution is 2.50. The Hall–Kier alpha value is -1.92. The molecule has 0 bridgehead atoms. The van der Waals surface area contributed by atoms with E-state index >= 15 is 0 Å². The zero-order chi connectivity index (χ0) is 23.9. The molecule has 0 aliphatic carbocycles. The van der Waals surface area contributed by atoms with Crippen LogP contribution in [0.3, 0.4) is 0 Å². The number of phosphoric ester groups is 1. The number of ether oxygens (including phenoxy) is 5. The second kappa shape index (κ2) is 15.8. The Balaban J connectivity index is 5.01. The Morgan fingerprint density at radius 1 is 0.839 bits per heavy atom. The molecule has 13 nitrogen and oxygen atoms in total. The molecule has 1 N–H and O–H groups in total. The highest BCUT2D eigenvalue weighted by molar-refractivity contribution is 7.48. The van der Waals surface area contributed by atoms with E-state index in [0.717, 1.165) is 6.92 Å². The van der Waals surface area contributed by atoms with Crippen molar-refractivity contribution in [1.82, 2.24) is 0 Å². The van der Waals surface area contributed by atoms with E-state index in [-0.39, 0.29) is 19.8 Å². The van der Waals surface area contributed by atoms with Gasteiger partial charge in [-0.1, -0.05) is 0 Å². The molecule has 0 aromatic carbocycles. The normalized spacial score (nSPS) is 14.8. The summed E-state index contributed by atoms with van der Waals surface area (Å²) >= 11 is 0. The summed E-state index contributed by atoms with van der Waals surface area (Å²) in [5.74, 6) is -0.613. The monoisotopic (exact) mass is 474 g/mol. The van der Waals surface area contributed by atoms with Gasteiger partial charge in [-0.15, -0.1) is 0 Å². The van der Waals surface area contributed by atoms with Gasteiger partial charge in [0.15, 0.2) is 6.10 Å². The van der Waals surface area contributed by atoms with E-state index in [1.54, 1.807) is 27.7 Å². The van der Waals surface area contributed by atoms with E-state index < -0.39 is 64.2 Å². The van der Waals surface area contributed by atoms with Crippen molar-refractivity contribution in [1.29, 1.82) is 0 Å². The molecule has 0 aliphatic rings. The van der Waals surface area contributed by atoms with Crippen LogP contribution in [0.15, 0.2) is 0 Å². The fraction of sp³-hybridized carbons (Fsp3) is 0.824. The number of esters is 1. The van der Waals surface area contributed by atoms with Gasteiger partial charge in [0.2, 0.25) is 0 Å². The number of hydrogen-bond acceptors (Lipinski definition) is 13. The van der Waals surface area contributed by atoms with Crippen molar-refractivity contribution in [2.45, 2.75) is 52.9 Å². The third-order valence-corrected chi connectivity index (χ3v) is 4.45. The lowest BCUT2D eigenvalue weighted by molar-refractivity contribution is -0.144. The minimum absolute atomic E-state index is 0.0312. The lowest BCUT2D eigenvalue weighted by Gasteiger charge is -2.23. The molecule has 0 saturated carbocycles. The van der Waals surface area contributed by atoms with Crippen LogP contribution >= 0.6 is 7.82 Å². The van der Waals surface area contributed by atoms with E-state index in [1.165, 1.54) is 0 Å². The molecule has 0 aromatic heterocycles. The van der Waals surface area contributed by atoms with Crippen molar-refractivity contribution < 1.29 is 61.3 Å². The summed E-state index contributed by atoms with van der Waals surface area (Å²) in [6.45, 7) is 5.52. The molecule has 0 fully saturated rings. The molecule has 0 rings (SSSR count). The van der Waals surface area contributed by atoms with Gasteiger partial charge in [-0.25, -0.2) is 14.2 Å². The molecule has 0 aliphatic heterocycles. The number of rotatable bonds is 15. The van der Waals surface area contributed by atoms with Gasteiger partial charge in [-0.05, 0) is 27.7 Å². The fourth-order valence-electron chi connectivity index (χ4n) is 1.69. The van der Waals surface area contributed by atoms with Crippen LogP contribution in [-0.2, 0) is 46.6 Å². The van der Waals surface area contributed by atoms with Gasteiger partial charge in [0.05, 0.1) is 32.5 Å². The molecular weight excluding hydrogens is 443 g/mol. The van der Waals surface area contributed by atoms with Gasteiger partial charge in [0.1, 0.15) is 19.3 Å². The van der Waals surface area contributed by atoms with E-state index in [4.69, 9.17) is 23.0 Å². The number of carbonyl (C=O) groups excluding carboxylic acids is 3. The summed E-state index contributed by atoms with van der Waals surface area (Å²) in [6, 6.07) is 0. The quantitative estimate of drug-likeness (QED) is 0.209. The Labute approximate surface area is 180 Å². The summed E-state index contributed by atoms with van der Waals surface area (Å²) in [4.78, 5) is 33.7. The molecule has 3 atom stereocenters. The lowest BCUT2D eigenvalue weighted by atomic mass is 10.4. The second-order valence-electron chi connectivity index (χ2n) is 6.07. The zero-order valence-electron chi connectivity index (χ0n) is 18.3. The molecule has 2 unspecified atom stereocenters. The number of carbonyl (C=O) groups is 3. The van der Waals surface area contributed by atoms with Gasteiger partial charge in [0, 0.05) is 6.92 Å². The van der Waals surface area contributed by atoms with Gasteiger partial charge in [0.25, 0.3) is 0 Å². The third-order valence-electron chi connectivity index (χ3n) is 2.84. The van der Waals surface area contributed by atoms with E-state index in [9.17, 15) is 24.1 Å². The number of phosphoric acid groups is 1. The number of aliphatic hydroxyl groups is 1. The summed E-state index contributed by atoms with van der Waals surface area (Å²) in [6.07, 6.45) is -5.21. The molecule has 31 heavy (non-hydrogen) atoms. The first-order chi connectivity index (χ1) is 14.5. The summed E-state index contributed by atoms with van der Waals surface area (Å²) in [7, 11) is -4.25. The Kier molecular flexibility index (Phi) is 14.8. The highest BCUT2D eigenvalue weighted by Gasteiger charge is 2.32. The van der Waals surface area contributed by atoms with Gasteiger partial charge in [-0.3, -0.25) is 18.4 Å². The third kappa shape index (κ3) is 15.5. The summed E-state index contributed by atoms with van der Waals surface area (Å²) in [5, 5.41) is 9.76. The Bertz CT molecular complexity index is 595. The largest absolute Gasteiger partial charge is 0.508 e. The van der Waals surface area contributed by atoms with Crippen LogP contribution in [0.5, 0.6) is 0 Å². The van der Waals surface area contributed by atoms with Crippen LogP contribution < -0.4 is 0 Å². The van der Waals surface area contributed by atoms with E-state index in [1.807, 2.05) is 0 Å². The maximum absolute atomic E-state index is 12.8. The average Bonchev–Trinajstić information content (AvgIpc) is 2.67. The first kappa shape index (κ1) is 29.1. The molecule has 0 radical (unpaired) electrons. The Morgan fingerprint density at radius 3 is 1.97 bits per heavy atom. The van der Waals surface area contributed by atoms with Gasteiger partial charge >= 0.3 is 26.1 Å². The van der Waals surface area contributed by atoms with Crippen LogP contribution in [0.2, 0.25) is 0 Å². The lowest BCUT2D eigenvalue weighted by Crippen LogP contribution is -2.30.